The van der Waals surface area contributed by atoms with Crippen LogP contribution in [-0.4, -0.2) is 68.2 Å². The summed E-state index contributed by atoms with van der Waals surface area (Å²) in [5, 5.41) is 3.18. The lowest BCUT2D eigenvalue weighted by molar-refractivity contribution is -0.144. The fourth-order valence-corrected chi connectivity index (χ4v) is 8.64. The van der Waals surface area contributed by atoms with Gasteiger partial charge < -0.3 is 10.1 Å². The number of nitrogens with zero attached hydrogens (tertiary/aromatic N) is 2. The average molecular weight is 498 g/mol. The summed E-state index contributed by atoms with van der Waals surface area (Å²) in [4.78, 5) is 24.7. The molecule has 2 bridgehead atoms. The molecule has 4 atom stereocenters. The van der Waals surface area contributed by atoms with Crippen molar-refractivity contribution in [2.24, 2.45) is 35.0 Å². The number of esters is 1. The van der Waals surface area contributed by atoms with E-state index in [1.807, 2.05) is 0 Å². The number of fused-ring (bicyclic) bond motifs is 2. The molecule has 2 saturated heterocycles. The zero-order valence-corrected chi connectivity index (χ0v) is 21.9. The highest BCUT2D eigenvalue weighted by Gasteiger charge is 2.54. The van der Waals surface area contributed by atoms with Crippen LogP contribution in [0, 0.1) is 35.0 Å². The summed E-state index contributed by atoms with van der Waals surface area (Å²) in [7, 11) is -3.60. The van der Waals surface area contributed by atoms with Gasteiger partial charge in [0.25, 0.3) is 10.2 Å². The molecule has 2 aliphatic heterocycles. The number of hydrogen-bond acceptors (Lipinski definition) is 5. The van der Waals surface area contributed by atoms with Crippen molar-refractivity contribution >= 4 is 22.1 Å². The number of carbonyl (C=O) groups is 2. The van der Waals surface area contributed by atoms with Gasteiger partial charge in [-0.3, -0.25) is 9.59 Å². The smallest absolute Gasteiger partial charge is 0.306 e. The summed E-state index contributed by atoms with van der Waals surface area (Å²) in [5.41, 5.74) is 0.396. The van der Waals surface area contributed by atoms with Crippen molar-refractivity contribution in [1.29, 1.82) is 0 Å². The van der Waals surface area contributed by atoms with E-state index in [-0.39, 0.29) is 30.3 Å². The monoisotopic (exact) mass is 497 g/mol. The molecule has 8 nitrogen and oxygen atoms in total. The summed E-state index contributed by atoms with van der Waals surface area (Å²) < 4.78 is 34.7. The van der Waals surface area contributed by atoms with Crippen LogP contribution in [0.3, 0.4) is 0 Å². The Morgan fingerprint density at radius 3 is 2.41 bits per heavy atom. The van der Waals surface area contributed by atoms with E-state index in [0.717, 1.165) is 18.9 Å². The number of rotatable bonds is 8. The second-order valence-electron chi connectivity index (χ2n) is 11.5. The summed E-state index contributed by atoms with van der Waals surface area (Å²) >= 11 is 0. The van der Waals surface area contributed by atoms with Gasteiger partial charge in [-0.15, -0.1) is 0 Å². The first kappa shape index (κ1) is 25.9. The van der Waals surface area contributed by atoms with E-state index in [9.17, 15) is 18.0 Å². The van der Waals surface area contributed by atoms with Crippen molar-refractivity contribution in [2.45, 2.75) is 72.1 Å². The van der Waals surface area contributed by atoms with E-state index in [0.29, 0.717) is 69.2 Å². The highest BCUT2D eigenvalue weighted by molar-refractivity contribution is 7.86. The quantitative estimate of drug-likeness (QED) is 0.520. The van der Waals surface area contributed by atoms with Crippen molar-refractivity contribution in [2.75, 3.05) is 39.3 Å². The predicted octanol–water partition coefficient (Wildman–Crippen LogP) is 2.80. The molecular formula is C25H43N3O5S. The Bertz CT molecular complexity index is 851. The van der Waals surface area contributed by atoms with Crippen LogP contribution in [0.25, 0.3) is 0 Å². The van der Waals surface area contributed by atoms with Crippen LogP contribution in [-0.2, 0) is 24.5 Å². The Balaban J connectivity index is 1.25. The third-order valence-corrected chi connectivity index (χ3v) is 11.3. The molecule has 2 heterocycles. The standard InChI is InChI=1S/C25H43N3O5S/c1-4-33-23(29)14-18-9-12-27(13-10-18)34(31,32)28-11-5-6-20(17-28)24(30)26-16-19-7-8-21-15-22(19)25(21,2)3/h18-22H,4-17H2,1-3H3,(H,26,30)/t19-,20?,21-,22-/m0/s1. The largest absolute Gasteiger partial charge is 0.466 e. The molecule has 5 rings (SSSR count). The second-order valence-corrected chi connectivity index (χ2v) is 13.4. The Morgan fingerprint density at radius 1 is 1.03 bits per heavy atom. The van der Waals surface area contributed by atoms with Crippen LogP contribution in [0.5, 0.6) is 0 Å². The molecule has 5 aliphatic rings. The molecule has 0 aromatic heterocycles. The molecule has 194 valence electrons. The van der Waals surface area contributed by atoms with Gasteiger partial charge in [0.2, 0.25) is 5.91 Å². The molecular weight excluding hydrogens is 454 g/mol. The third-order valence-electron chi connectivity index (χ3n) is 9.28. The third kappa shape index (κ3) is 5.31. The number of carbonyl (C=O) groups excluding carboxylic acids is 2. The normalized spacial score (nSPS) is 32.6. The number of hydrogen-bond donors (Lipinski definition) is 1. The first-order chi connectivity index (χ1) is 16.1. The lowest BCUT2D eigenvalue weighted by atomic mass is 9.45. The van der Waals surface area contributed by atoms with E-state index >= 15 is 0 Å². The zero-order valence-electron chi connectivity index (χ0n) is 21.1. The number of ether oxygens (including phenoxy) is 1. The van der Waals surface area contributed by atoms with E-state index in [4.69, 9.17) is 4.74 Å². The zero-order chi connectivity index (χ0) is 24.5. The Labute approximate surface area is 205 Å². The van der Waals surface area contributed by atoms with Crippen LogP contribution in [0.1, 0.15) is 72.1 Å². The van der Waals surface area contributed by atoms with Crippen molar-refractivity contribution in [3.05, 3.63) is 0 Å². The average Bonchev–Trinajstić information content (AvgIpc) is 2.83. The highest BCUT2D eigenvalue weighted by atomic mass is 32.2. The minimum atomic E-state index is -3.60. The molecule has 9 heteroatoms. The molecule has 3 aliphatic carbocycles. The topological polar surface area (TPSA) is 96.0 Å². The van der Waals surface area contributed by atoms with Gasteiger partial charge in [0, 0.05) is 39.1 Å². The molecule has 0 aromatic carbocycles. The maximum Gasteiger partial charge on any atom is 0.306 e. The highest BCUT2D eigenvalue weighted by Crippen LogP contribution is 2.61. The Hall–Kier alpha value is -1.19. The fraction of sp³-hybridized carbons (Fsp3) is 0.920. The minimum absolute atomic E-state index is 0.00676. The molecule has 0 aromatic rings. The second kappa shape index (κ2) is 10.4. The van der Waals surface area contributed by atoms with Gasteiger partial charge in [0.1, 0.15) is 0 Å². The number of nitrogens with one attached hydrogen (secondary N) is 1. The van der Waals surface area contributed by atoms with Gasteiger partial charge in [-0.25, -0.2) is 0 Å². The molecule has 1 amide bonds. The molecule has 1 unspecified atom stereocenters. The van der Waals surface area contributed by atoms with Crippen LogP contribution < -0.4 is 5.32 Å². The van der Waals surface area contributed by atoms with E-state index in [1.165, 1.54) is 27.9 Å². The summed E-state index contributed by atoms with van der Waals surface area (Å²) in [6, 6.07) is 0. The van der Waals surface area contributed by atoms with Gasteiger partial charge in [0.15, 0.2) is 0 Å². The van der Waals surface area contributed by atoms with E-state index in [1.54, 1.807) is 6.92 Å². The van der Waals surface area contributed by atoms with Gasteiger partial charge in [-0.2, -0.15) is 17.0 Å². The molecule has 0 spiro atoms. The van der Waals surface area contributed by atoms with E-state index < -0.39 is 10.2 Å². The summed E-state index contributed by atoms with van der Waals surface area (Å²) in [6.45, 7) is 9.17. The fourth-order valence-electron chi connectivity index (χ4n) is 6.91. The lowest BCUT2D eigenvalue weighted by Gasteiger charge is -2.60. The first-order valence-electron chi connectivity index (χ1n) is 13.3. The Morgan fingerprint density at radius 2 is 1.76 bits per heavy atom. The SMILES string of the molecule is CCOC(=O)CC1CCN(S(=O)(=O)N2CCCC(C(=O)NC[C@@H]3CC[C@H]4C[C@@H]3C4(C)C)C2)CC1. The predicted molar refractivity (Wildman–Crippen MR) is 130 cm³/mol. The summed E-state index contributed by atoms with van der Waals surface area (Å²) in [5.74, 6) is 1.77. The van der Waals surface area contributed by atoms with E-state index in [2.05, 4.69) is 19.2 Å². The molecule has 34 heavy (non-hydrogen) atoms. The van der Waals surface area contributed by atoms with Gasteiger partial charge in [-0.05, 0) is 81.0 Å². The van der Waals surface area contributed by atoms with Crippen LogP contribution in [0.4, 0.5) is 0 Å². The number of piperidine rings is 2. The van der Waals surface area contributed by atoms with Gasteiger partial charge in [-0.1, -0.05) is 13.8 Å². The molecule has 0 radical (unpaired) electrons. The Kier molecular flexibility index (Phi) is 7.94. The summed E-state index contributed by atoms with van der Waals surface area (Å²) in [6.07, 6.45) is 6.86. The first-order valence-corrected chi connectivity index (χ1v) is 14.7. The van der Waals surface area contributed by atoms with Crippen molar-refractivity contribution < 1.29 is 22.7 Å². The maximum atomic E-state index is 13.3. The van der Waals surface area contributed by atoms with Crippen molar-refractivity contribution in [3.63, 3.8) is 0 Å². The van der Waals surface area contributed by atoms with Crippen LogP contribution in [0.15, 0.2) is 0 Å². The molecule has 3 saturated carbocycles. The lowest BCUT2D eigenvalue weighted by Crippen LogP contribution is -2.55. The minimum Gasteiger partial charge on any atom is -0.466 e. The van der Waals surface area contributed by atoms with Crippen molar-refractivity contribution in [1.82, 2.24) is 13.9 Å². The van der Waals surface area contributed by atoms with Gasteiger partial charge in [0.05, 0.1) is 12.5 Å². The maximum absolute atomic E-state index is 13.3. The number of amides is 1. The molecule has 1 N–H and O–H groups in total. The van der Waals surface area contributed by atoms with Gasteiger partial charge >= 0.3 is 5.97 Å². The van der Waals surface area contributed by atoms with Crippen LogP contribution >= 0.6 is 0 Å². The van der Waals surface area contributed by atoms with Crippen LogP contribution in [0.2, 0.25) is 0 Å². The van der Waals surface area contributed by atoms with Crippen molar-refractivity contribution in [3.8, 4) is 0 Å². The molecule has 5 fully saturated rings.